The van der Waals surface area contributed by atoms with E-state index in [9.17, 15) is 5.11 Å². The Labute approximate surface area is 166 Å². The van der Waals surface area contributed by atoms with Crippen molar-refractivity contribution in [2.24, 2.45) is 12.8 Å². The van der Waals surface area contributed by atoms with Gasteiger partial charge in [0.1, 0.15) is 10.7 Å². The van der Waals surface area contributed by atoms with Crippen molar-refractivity contribution in [1.29, 1.82) is 0 Å². The molecule has 1 aliphatic heterocycles. The summed E-state index contributed by atoms with van der Waals surface area (Å²) in [6, 6.07) is 6.12. The van der Waals surface area contributed by atoms with E-state index < -0.39 is 0 Å². The zero-order valence-electron chi connectivity index (χ0n) is 16.0. The van der Waals surface area contributed by atoms with E-state index in [0.29, 0.717) is 0 Å². The van der Waals surface area contributed by atoms with Crippen LogP contribution < -0.4 is 10.6 Å². The quantitative estimate of drug-likeness (QED) is 0.550. The largest absolute Gasteiger partial charge is 0.390 e. The van der Waals surface area contributed by atoms with Crippen LogP contribution in [0.25, 0.3) is 26.6 Å². The topological polar surface area (TPSA) is 97.5 Å². The molecular formula is C19H23N7OS. The van der Waals surface area contributed by atoms with E-state index in [1.165, 1.54) is 11.3 Å². The molecule has 0 bridgehead atoms. The first-order valence-corrected chi connectivity index (χ1v) is 10.2. The van der Waals surface area contributed by atoms with Crippen molar-refractivity contribution >= 4 is 33.1 Å². The number of aromatic nitrogens is 5. The molecule has 0 spiro atoms. The number of piperidine rings is 1. The van der Waals surface area contributed by atoms with Gasteiger partial charge in [-0.25, -0.2) is 9.50 Å². The number of rotatable bonds is 3. The lowest BCUT2D eigenvalue weighted by Crippen LogP contribution is -2.48. The second-order valence-electron chi connectivity index (χ2n) is 7.84. The van der Waals surface area contributed by atoms with Gasteiger partial charge in [-0.3, -0.25) is 0 Å². The Balaban J connectivity index is 1.53. The summed E-state index contributed by atoms with van der Waals surface area (Å²) < 4.78 is 3.77. The smallest absolute Gasteiger partial charge is 0.214 e. The molecule has 0 radical (unpaired) electrons. The van der Waals surface area contributed by atoms with Crippen molar-refractivity contribution in [3.8, 4) is 10.6 Å². The Morgan fingerprint density at radius 3 is 2.82 bits per heavy atom. The number of nitrogens with two attached hydrogens (primary N) is 1. The first-order valence-electron chi connectivity index (χ1n) is 9.40. The molecule has 1 aliphatic rings. The average Bonchev–Trinajstić information content (AvgIpc) is 3.34. The standard InChI is InChI=1S/C19H23N7OS/c1-19(20)5-7-25(8-6-19)16-15(10-27)26-18(22-16)28-17(23-26)12-3-4-13-14(9-12)24(2)11-21-13/h3-4,9,11,27H,5-8,10,20H2,1-2H3. The Hall–Kier alpha value is -2.49. The van der Waals surface area contributed by atoms with Crippen molar-refractivity contribution in [3.05, 3.63) is 30.2 Å². The molecule has 3 aromatic heterocycles. The molecule has 146 valence electrons. The number of anilines is 1. The fraction of sp³-hybridized carbons (Fsp3) is 0.421. The number of nitrogens with zero attached hydrogens (tertiary/aromatic N) is 6. The normalized spacial score (nSPS) is 17.1. The Kier molecular flexibility index (Phi) is 3.94. The number of fused-ring (bicyclic) bond motifs is 2. The Morgan fingerprint density at radius 2 is 2.07 bits per heavy atom. The first-order chi connectivity index (χ1) is 13.4. The lowest BCUT2D eigenvalue weighted by molar-refractivity contribution is 0.274. The van der Waals surface area contributed by atoms with Crippen molar-refractivity contribution in [3.63, 3.8) is 0 Å². The number of benzene rings is 1. The van der Waals surface area contributed by atoms with Gasteiger partial charge in [-0.15, -0.1) is 0 Å². The fourth-order valence-electron chi connectivity index (χ4n) is 3.78. The summed E-state index contributed by atoms with van der Waals surface area (Å²) in [4.78, 5) is 12.2. The lowest BCUT2D eigenvalue weighted by Gasteiger charge is -2.37. The van der Waals surface area contributed by atoms with Crippen LogP contribution in [0.4, 0.5) is 5.82 Å². The van der Waals surface area contributed by atoms with E-state index in [-0.39, 0.29) is 12.1 Å². The third kappa shape index (κ3) is 2.78. The summed E-state index contributed by atoms with van der Waals surface area (Å²) in [5.74, 6) is 0.824. The number of aliphatic hydroxyl groups is 1. The molecule has 4 heterocycles. The van der Waals surface area contributed by atoms with Gasteiger partial charge < -0.3 is 20.3 Å². The number of aryl methyl sites for hydroxylation is 1. The van der Waals surface area contributed by atoms with Crippen LogP contribution in [0, 0.1) is 0 Å². The van der Waals surface area contributed by atoms with Gasteiger partial charge in [-0.05, 0) is 38.0 Å². The molecule has 8 nitrogen and oxygen atoms in total. The van der Waals surface area contributed by atoms with Crippen LogP contribution >= 0.6 is 11.3 Å². The average molecular weight is 398 g/mol. The molecule has 5 rings (SSSR count). The van der Waals surface area contributed by atoms with Gasteiger partial charge in [0.05, 0.1) is 24.0 Å². The van der Waals surface area contributed by atoms with Crippen LogP contribution in [0.2, 0.25) is 0 Å². The summed E-state index contributed by atoms with van der Waals surface area (Å²) in [5, 5.41) is 15.6. The van der Waals surface area contributed by atoms with Gasteiger partial charge in [0.25, 0.3) is 0 Å². The number of imidazole rings is 2. The van der Waals surface area contributed by atoms with E-state index in [1.807, 2.05) is 30.1 Å². The molecule has 3 N–H and O–H groups in total. The summed E-state index contributed by atoms with van der Waals surface area (Å²) in [7, 11) is 1.98. The minimum atomic E-state index is -0.122. The zero-order valence-corrected chi connectivity index (χ0v) is 16.8. The highest BCUT2D eigenvalue weighted by Crippen LogP contribution is 2.33. The highest BCUT2D eigenvalue weighted by atomic mass is 32.1. The summed E-state index contributed by atoms with van der Waals surface area (Å²) in [6.07, 6.45) is 3.63. The monoisotopic (exact) mass is 397 g/mol. The third-order valence-electron chi connectivity index (χ3n) is 5.60. The van der Waals surface area contributed by atoms with Gasteiger partial charge in [-0.2, -0.15) is 10.1 Å². The van der Waals surface area contributed by atoms with E-state index in [4.69, 9.17) is 15.8 Å². The number of hydrogen-bond acceptors (Lipinski definition) is 7. The lowest BCUT2D eigenvalue weighted by atomic mass is 9.91. The first kappa shape index (κ1) is 17.6. The van der Waals surface area contributed by atoms with Crippen molar-refractivity contribution in [2.75, 3.05) is 18.0 Å². The molecular weight excluding hydrogens is 374 g/mol. The van der Waals surface area contributed by atoms with E-state index in [2.05, 4.69) is 22.9 Å². The van der Waals surface area contributed by atoms with Gasteiger partial charge in [0.2, 0.25) is 4.96 Å². The SMILES string of the molecule is Cn1cnc2ccc(-c3nn4c(CO)c(N5CCC(C)(N)CC5)nc4s3)cc21. The predicted octanol–water partition coefficient (Wildman–Crippen LogP) is 2.15. The molecule has 0 atom stereocenters. The van der Waals surface area contributed by atoms with Crippen molar-refractivity contribution in [1.82, 2.24) is 24.1 Å². The fourth-order valence-corrected chi connectivity index (χ4v) is 4.69. The third-order valence-corrected chi connectivity index (χ3v) is 6.56. The van der Waals surface area contributed by atoms with E-state index in [0.717, 1.165) is 64.0 Å². The van der Waals surface area contributed by atoms with Gasteiger partial charge in [-0.1, -0.05) is 11.3 Å². The van der Waals surface area contributed by atoms with Gasteiger partial charge in [0.15, 0.2) is 5.82 Å². The van der Waals surface area contributed by atoms with Crippen molar-refractivity contribution in [2.45, 2.75) is 31.9 Å². The van der Waals surface area contributed by atoms with Crippen LogP contribution in [-0.2, 0) is 13.7 Å². The maximum Gasteiger partial charge on any atom is 0.214 e. The zero-order chi connectivity index (χ0) is 19.5. The van der Waals surface area contributed by atoms with E-state index in [1.54, 1.807) is 4.52 Å². The van der Waals surface area contributed by atoms with Crippen LogP contribution in [0.1, 0.15) is 25.5 Å². The van der Waals surface area contributed by atoms with Crippen LogP contribution in [0.15, 0.2) is 24.5 Å². The molecule has 0 saturated carbocycles. The molecule has 0 amide bonds. The number of hydrogen-bond donors (Lipinski definition) is 2. The number of aliphatic hydroxyl groups excluding tert-OH is 1. The molecule has 1 fully saturated rings. The van der Waals surface area contributed by atoms with Crippen LogP contribution in [0.5, 0.6) is 0 Å². The van der Waals surface area contributed by atoms with Crippen molar-refractivity contribution < 1.29 is 5.11 Å². The van der Waals surface area contributed by atoms with Crippen LogP contribution in [0.3, 0.4) is 0 Å². The van der Waals surface area contributed by atoms with E-state index >= 15 is 0 Å². The predicted molar refractivity (Wildman–Crippen MR) is 111 cm³/mol. The van der Waals surface area contributed by atoms with Crippen LogP contribution in [-0.4, -0.2) is 47.9 Å². The summed E-state index contributed by atoms with van der Waals surface area (Å²) in [5.41, 5.74) is 9.91. The second-order valence-corrected chi connectivity index (χ2v) is 8.80. The second kappa shape index (κ2) is 6.26. The highest BCUT2D eigenvalue weighted by Gasteiger charge is 2.29. The maximum absolute atomic E-state index is 10.0. The van der Waals surface area contributed by atoms with Gasteiger partial charge in [0, 0.05) is 31.2 Å². The molecule has 9 heteroatoms. The summed E-state index contributed by atoms with van der Waals surface area (Å²) >= 11 is 1.53. The molecule has 4 aromatic rings. The highest BCUT2D eigenvalue weighted by molar-refractivity contribution is 7.19. The molecule has 0 aliphatic carbocycles. The minimum absolute atomic E-state index is 0.100. The minimum Gasteiger partial charge on any atom is -0.390 e. The Bertz CT molecular complexity index is 1160. The molecule has 28 heavy (non-hydrogen) atoms. The molecule has 1 saturated heterocycles. The molecule has 0 unspecified atom stereocenters. The maximum atomic E-state index is 10.0. The molecule has 1 aromatic carbocycles. The van der Waals surface area contributed by atoms with Gasteiger partial charge >= 0.3 is 0 Å². The summed E-state index contributed by atoms with van der Waals surface area (Å²) in [6.45, 7) is 3.68. The Morgan fingerprint density at radius 1 is 1.29 bits per heavy atom.